The zero-order valence-electron chi connectivity index (χ0n) is 11.2. The van der Waals surface area contributed by atoms with Gasteiger partial charge in [-0.1, -0.05) is 31.2 Å². The maximum absolute atomic E-state index is 11.8. The van der Waals surface area contributed by atoms with Crippen LogP contribution in [0.25, 0.3) is 0 Å². The molecule has 0 heterocycles. The average Bonchev–Trinajstić information content (AvgIpc) is 2.55. The van der Waals surface area contributed by atoms with Crippen LogP contribution >= 0.6 is 0 Å². The fraction of sp³-hybridized carbons (Fsp3) is 0.588. The van der Waals surface area contributed by atoms with Crippen molar-refractivity contribution in [1.29, 1.82) is 0 Å². The highest BCUT2D eigenvalue weighted by Crippen LogP contribution is 2.50. The van der Waals surface area contributed by atoms with Crippen molar-refractivity contribution >= 4 is 5.78 Å². The predicted octanol–water partition coefficient (Wildman–Crippen LogP) is 4.04. The van der Waals surface area contributed by atoms with E-state index in [0.717, 1.165) is 19.3 Å². The number of hydrogen-bond acceptors (Lipinski definition) is 1. The Hall–Kier alpha value is -1.11. The van der Waals surface area contributed by atoms with E-state index in [4.69, 9.17) is 0 Å². The molecule has 0 radical (unpaired) electrons. The van der Waals surface area contributed by atoms with Crippen molar-refractivity contribution in [2.75, 3.05) is 0 Å². The first-order valence-electron chi connectivity index (χ1n) is 7.36. The van der Waals surface area contributed by atoms with Gasteiger partial charge in [0.2, 0.25) is 0 Å². The van der Waals surface area contributed by atoms with Gasteiger partial charge in [-0.05, 0) is 54.6 Å². The van der Waals surface area contributed by atoms with Gasteiger partial charge in [-0.15, -0.1) is 0 Å². The highest BCUT2D eigenvalue weighted by atomic mass is 16.1. The van der Waals surface area contributed by atoms with E-state index < -0.39 is 0 Å². The Morgan fingerprint density at radius 1 is 1.28 bits per heavy atom. The number of benzene rings is 1. The Labute approximate surface area is 110 Å². The summed E-state index contributed by atoms with van der Waals surface area (Å²) >= 11 is 0. The maximum Gasteiger partial charge on any atom is 0.133 e. The smallest absolute Gasteiger partial charge is 0.133 e. The fourth-order valence-corrected chi connectivity index (χ4v) is 4.29. The van der Waals surface area contributed by atoms with Gasteiger partial charge in [0.05, 0.1) is 0 Å². The minimum absolute atomic E-state index is 0.293. The Balaban J connectivity index is 2.11. The van der Waals surface area contributed by atoms with Crippen molar-refractivity contribution in [3.63, 3.8) is 0 Å². The van der Waals surface area contributed by atoms with Crippen LogP contribution in [0.15, 0.2) is 24.3 Å². The van der Waals surface area contributed by atoms with Crippen molar-refractivity contribution in [3.8, 4) is 0 Å². The number of aryl methyl sites for hydroxylation is 1. The van der Waals surface area contributed by atoms with E-state index in [1.165, 1.54) is 31.2 Å². The van der Waals surface area contributed by atoms with Gasteiger partial charge >= 0.3 is 0 Å². The predicted molar refractivity (Wildman–Crippen MR) is 73.7 cm³/mol. The van der Waals surface area contributed by atoms with Crippen LogP contribution < -0.4 is 0 Å². The first kappa shape index (κ1) is 12.0. The van der Waals surface area contributed by atoms with Crippen LogP contribution in [0.4, 0.5) is 0 Å². The molecule has 2 aliphatic rings. The lowest BCUT2D eigenvalue weighted by Gasteiger charge is -2.43. The standard InChI is InChI=1S/C17H22O/c1-2-17-11-10-15(18)12-14(17)8-5-7-13-6-3-4-9-16(13)17/h3-4,6,9,14H,2,5,7-8,10-12H2,1H3/t14-,17+/m0/s1. The summed E-state index contributed by atoms with van der Waals surface area (Å²) in [5.74, 6) is 1.08. The van der Waals surface area contributed by atoms with Crippen LogP contribution in [0.1, 0.15) is 56.6 Å². The summed E-state index contributed by atoms with van der Waals surface area (Å²) in [4.78, 5) is 11.8. The van der Waals surface area contributed by atoms with Crippen molar-refractivity contribution in [3.05, 3.63) is 35.4 Å². The topological polar surface area (TPSA) is 17.1 Å². The molecular formula is C17H22O. The number of carbonyl (C=O) groups is 1. The maximum atomic E-state index is 11.8. The zero-order valence-corrected chi connectivity index (χ0v) is 11.2. The second kappa shape index (κ2) is 4.53. The molecule has 0 N–H and O–H groups in total. The minimum atomic E-state index is 0.293. The third-order valence-electron chi connectivity index (χ3n) is 5.29. The summed E-state index contributed by atoms with van der Waals surface area (Å²) in [5.41, 5.74) is 3.39. The van der Waals surface area contributed by atoms with E-state index in [1.807, 2.05) is 0 Å². The fourth-order valence-electron chi connectivity index (χ4n) is 4.29. The summed E-state index contributed by atoms with van der Waals surface area (Å²) in [7, 11) is 0. The molecule has 96 valence electrons. The summed E-state index contributed by atoms with van der Waals surface area (Å²) in [6.45, 7) is 2.31. The van der Waals surface area contributed by atoms with Crippen molar-refractivity contribution in [2.24, 2.45) is 5.92 Å². The number of carbonyl (C=O) groups excluding carboxylic acids is 1. The third-order valence-corrected chi connectivity index (χ3v) is 5.29. The van der Waals surface area contributed by atoms with Gasteiger partial charge in [-0.25, -0.2) is 0 Å². The Morgan fingerprint density at radius 3 is 2.94 bits per heavy atom. The van der Waals surface area contributed by atoms with E-state index in [1.54, 1.807) is 5.56 Å². The molecule has 3 rings (SSSR count). The third kappa shape index (κ3) is 1.72. The lowest BCUT2D eigenvalue weighted by Crippen LogP contribution is -2.40. The first-order chi connectivity index (χ1) is 8.76. The molecule has 0 amide bonds. The van der Waals surface area contributed by atoms with Gasteiger partial charge in [0.1, 0.15) is 5.78 Å². The molecule has 2 atom stereocenters. The van der Waals surface area contributed by atoms with Crippen LogP contribution in [0.2, 0.25) is 0 Å². The van der Waals surface area contributed by atoms with Gasteiger partial charge in [-0.3, -0.25) is 4.79 Å². The molecule has 0 aliphatic heterocycles. The number of fused-ring (bicyclic) bond motifs is 3. The molecule has 0 saturated heterocycles. The molecule has 18 heavy (non-hydrogen) atoms. The summed E-state index contributed by atoms with van der Waals surface area (Å²) in [6, 6.07) is 8.96. The Bertz CT molecular complexity index is 462. The van der Waals surface area contributed by atoms with Crippen LogP contribution in [0.5, 0.6) is 0 Å². The number of hydrogen-bond donors (Lipinski definition) is 0. The van der Waals surface area contributed by atoms with Gasteiger partial charge in [0.15, 0.2) is 0 Å². The minimum Gasteiger partial charge on any atom is -0.300 e. The van der Waals surface area contributed by atoms with Gasteiger partial charge < -0.3 is 0 Å². The van der Waals surface area contributed by atoms with Crippen molar-refractivity contribution in [2.45, 2.75) is 57.3 Å². The molecule has 1 aromatic carbocycles. The SMILES string of the molecule is CC[C@@]12CCC(=O)C[C@@H]1CCCc1ccccc12. The molecule has 0 bridgehead atoms. The van der Waals surface area contributed by atoms with Gasteiger partial charge in [-0.2, -0.15) is 0 Å². The normalized spacial score (nSPS) is 31.4. The molecule has 0 aromatic heterocycles. The number of Topliss-reactive ketones (excluding diaryl/α,β-unsaturated/α-hetero) is 1. The molecule has 1 aromatic rings. The monoisotopic (exact) mass is 242 g/mol. The van der Waals surface area contributed by atoms with E-state index in [2.05, 4.69) is 31.2 Å². The molecule has 2 aliphatic carbocycles. The number of rotatable bonds is 1. The molecule has 0 unspecified atom stereocenters. The largest absolute Gasteiger partial charge is 0.300 e. The molecule has 1 saturated carbocycles. The Morgan fingerprint density at radius 2 is 2.11 bits per heavy atom. The second-order valence-corrected chi connectivity index (χ2v) is 6.00. The van der Waals surface area contributed by atoms with E-state index in [9.17, 15) is 4.79 Å². The zero-order chi connectivity index (χ0) is 12.6. The molecular weight excluding hydrogens is 220 g/mol. The van der Waals surface area contributed by atoms with Gasteiger partial charge in [0.25, 0.3) is 0 Å². The van der Waals surface area contributed by atoms with Crippen LogP contribution in [-0.4, -0.2) is 5.78 Å². The van der Waals surface area contributed by atoms with E-state index in [0.29, 0.717) is 17.1 Å². The second-order valence-electron chi connectivity index (χ2n) is 6.00. The summed E-state index contributed by atoms with van der Waals surface area (Å²) < 4.78 is 0. The van der Waals surface area contributed by atoms with Crippen LogP contribution in [-0.2, 0) is 16.6 Å². The van der Waals surface area contributed by atoms with Crippen LogP contribution in [0.3, 0.4) is 0 Å². The highest BCUT2D eigenvalue weighted by molar-refractivity contribution is 5.80. The van der Waals surface area contributed by atoms with Crippen molar-refractivity contribution < 1.29 is 4.79 Å². The molecule has 1 heteroatoms. The van der Waals surface area contributed by atoms with Crippen molar-refractivity contribution in [1.82, 2.24) is 0 Å². The Kier molecular flexibility index (Phi) is 3.01. The quantitative estimate of drug-likeness (QED) is 0.726. The highest BCUT2D eigenvalue weighted by Gasteiger charge is 2.44. The summed E-state index contributed by atoms with van der Waals surface area (Å²) in [5, 5.41) is 0. The van der Waals surface area contributed by atoms with Gasteiger partial charge in [0, 0.05) is 12.8 Å². The molecule has 0 spiro atoms. The summed E-state index contributed by atoms with van der Waals surface area (Å²) in [6.07, 6.45) is 7.54. The lowest BCUT2D eigenvalue weighted by molar-refractivity contribution is -0.123. The van der Waals surface area contributed by atoms with Crippen LogP contribution in [0, 0.1) is 5.92 Å². The van der Waals surface area contributed by atoms with E-state index in [-0.39, 0.29) is 0 Å². The number of ketones is 1. The first-order valence-corrected chi connectivity index (χ1v) is 7.36. The van der Waals surface area contributed by atoms with E-state index >= 15 is 0 Å². The average molecular weight is 242 g/mol. The molecule has 1 nitrogen and oxygen atoms in total. The molecule has 1 fully saturated rings. The lowest BCUT2D eigenvalue weighted by atomic mass is 9.60.